The molecular weight excluding hydrogens is 396 g/mol. The van der Waals surface area contributed by atoms with Crippen molar-refractivity contribution in [1.82, 2.24) is 0 Å². The molecule has 0 amide bonds. The van der Waals surface area contributed by atoms with Gasteiger partial charge in [-0.2, -0.15) is 0 Å². The van der Waals surface area contributed by atoms with E-state index >= 15 is 0 Å². The third-order valence-electron chi connectivity index (χ3n) is 11.2. The number of Topliss-reactive ketones (excluding diaryl/α,β-unsaturated/α-hetero) is 1. The van der Waals surface area contributed by atoms with Crippen molar-refractivity contribution >= 4 is 5.78 Å². The maximum atomic E-state index is 13.3. The number of hydrogen-bond donors (Lipinski definition) is 2. The average Bonchev–Trinajstić information content (AvgIpc) is 3.07. The number of carbonyl (C=O) groups excluding carboxylic acids is 1. The summed E-state index contributed by atoms with van der Waals surface area (Å²) in [5.74, 6) is 4.55. The molecule has 4 aliphatic carbocycles. The van der Waals surface area contributed by atoms with Crippen molar-refractivity contribution in [3.8, 4) is 0 Å². The fraction of sp³-hybridized carbons (Fsp3) is 0.897. The van der Waals surface area contributed by atoms with Crippen LogP contribution in [0.15, 0.2) is 12.2 Å². The van der Waals surface area contributed by atoms with Gasteiger partial charge in [-0.3, -0.25) is 4.79 Å². The van der Waals surface area contributed by atoms with Gasteiger partial charge in [0.15, 0.2) is 0 Å². The van der Waals surface area contributed by atoms with Crippen molar-refractivity contribution in [3.05, 3.63) is 12.2 Å². The molecule has 0 aromatic heterocycles. The van der Waals surface area contributed by atoms with Crippen LogP contribution in [0.1, 0.15) is 92.9 Å². The molecule has 4 rings (SSSR count). The predicted octanol–water partition coefficient (Wildman–Crippen LogP) is 6.03. The Bertz CT molecular complexity index is 728. The van der Waals surface area contributed by atoms with E-state index in [4.69, 9.17) is 0 Å². The zero-order chi connectivity index (χ0) is 23.4. The molecule has 1 unspecified atom stereocenters. The molecule has 0 spiro atoms. The van der Waals surface area contributed by atoms with Crippen LogP contribution in [0.4, 0.5) is 0 Å². The van der Waals surface area contributed by atoms with Gasteiger partial charge in [-0.05, 0) is 97.2 Å². The zero-order valence-electron chi connectivity index (χ0n) is 21.4. The minimum Gasteiger partial charge on any atom is -0.390 e. The van der Waals surface area contributed by atoms with E-state index in [9.17, 15) is 15.0 Å². The molecule has 0 radical (unpaired) electrons. The van der Waals surface area contributed by atoms with E-state index in [1.807, 2.05) is 0 Å². The van der Waals surface area contributed by atoms with Crippen LogP contribution in [-0.2, 0) is 4.79 Å². The molecule has 0 bridgehead atoms. The SMILES string of the molecule is CC[C@H](/C=C/[C@@H](C)[C@H]1CC[C@H]2[C@@H]3CC(=O)C4C[C@H](O)[C@H](O)C[C@]4(C)[C@H]3CC[C@]12C)C(C)C. The topological polar surface area (TPSA) is 57.5 Å². The summed E-state index contributed by atoms with van der Waals surface area (Å²) in [6, 6.07) is 0. The molecule has 0 aromatic rings. The lowest BCUT2D eigenvalue weighted by molar-refractivity contribution is -0.173. The van der Waals surface area contributed by atoms with Crippen LogP contribution in [0.2, 0.25) is 0 Å². The van der Waals surface area contributed by atoms with Crippen LogP contribution >= 0.6 is 0 Å². The lowest BCUT2D eigenvalue weighted by Crippen LogP contribution is -2.59. The van der Waals surface area contributed by atoms with Crippen molar-refractivity contribution in [2.24, 2.45) is 58.2 Å². The Hall–Kier alpha value is -0.670. The van der Waals surface area contributed by atoms with Crippen molar-refractivity contribution in [3.63, 3.8) is 0 Å². The second-order valence-corrected chi connectivity index (χ2v) is 13.0. The largest absolute Gasteiger partial charge is 0.390 e. The highest BCUT2D eigenvalue weighted by atomic mass is 16.3. The average molecular weight is 445 g/mol. The molecule has 3 heteroatoms. The molecular formula is C29H48O3. The minimum atomic E-state index is -0.733. The standard InChI is InChI=1S/C29H48O3/c1-7-19(17(2)3)9-8-18(4)21-10-11-22-20-14-25(30)24-15-26(31)27(32)16-29(24,6)23(20)12-13-28(21,22)5/h8-9,17-24,26-27,31-32H,7,10-16H2,1-6H3/b9-8+/t18-,19-,20+,21-,22+,23+,24?,26+,27-,28-,29-/m1/s1. The van der Waals surface area contributed by atoms with Gasteiger partial charge in [0.25, 0.3) is 0 Å². The number of carbonyl (C=O) groups is 1. The molecule has 11 atom stereocenters. The Balaban J connectivity index is 1.55. The van der Waals surface area contributed by atoms with Crippen LogP contribution in [0, 0.1) is 58.2 Å². The Morgan fingerprint density at radius 1 is 1.00 bits per heavy atom. The van der Waals surface area contributed by atoms with Gasteiger partial charge < -0.3 is 10.2 Å². The molecule has 0 aliphatic heterocycles. The van der Waals surface area contributed by atoms with E-state index in [0.717, 1.165) is 0 Å². The first-order valence-corrected chi connectivity index (χ1v) is 13.6. The third-order valence-corrected chi connectivity index (χ3v) is 11.2. The molecule has 0 heterocycles. The Labute approximate surface area is 196 Å². The van der Waals surface area contributed by atoms with Crippen molar-refractivity contribution < 1.29 is 15.0 Å². The summed E-state index contributed by atoms with van der Waals surface area (Å²) >= 11 is 0. The van der Waals surface area contributed by atoms with Gasteiger partial charge in [0, 0.05) is 12.3 Å². The van der Waals surface area contributed by atoms with Crippen LogP contribution < -0.4 is 0 Å². The zero-order valence-corrected chi connectivity index (χ0v) is 21.4. The van der Waals surface area contributed by atoms with Crippen LogP contribution in [-0.4, -0.2) is 28.2 Å². The van der Waals surface area contributed by atoms with E-state index in [1.165, 1.54) is 32.1 Å². The monoisotopic (exact) mass is 444 g/mol. The first-order chi connectivity index (χ1) is 15.0. The van der Waals surface area contributed by atoms with Gasteiger partial charge in [-0.15, -0.1) is 0 Å². The highest BCUT2D eigenvalue weighted by Gasteiger charge is 2.63. The van der Waals surface area contributed by atoms with Gasteiger partial charge in [0.1, 0.15) is 5.78 Å². The third kappa shape index (κ3) is 3.84. The highest BCUT2D eigenvalue weighted by Crippen LogP contribution is 2.67. The molecule has 4 aliphatic rings. The van der Waals surface area contributed by atoms with Gasteiger partial charge in [-0.1, -0.05) is 53.7 Å². The van der Waals surface area contributed by atoms with E-state index in [1.54, 1.807) is 0 Å². The molecule has 4 fully saturated rings. The smallest absolute Gasteiger partial charge is 0.136 e. The molecule has 4 saturated carbocycles. The summed E-state index contributed by atoms with van der Waals surface area (Å²) in [4.78, 5) is 13.3. The van der Waals surface area contributed by atoms with E-state index in [2.05, 4.69) is 53.7 Å². The van der Waals surface area contributed by atoms with E-state index in [0.29, 0.717) is 71.9 Å². The summed E-state index contributed by atoms with van der Waals surface area (Å²) in [6.45, 7) is 14.2. The minimum absolute atomic E-state index is 0.0624. The Morgan fingerprint density at radius 3 is 2.34 bits per heavy atom. The summed E-state index contributed by atoms with van der Waals surface area (Å²) in [5, 5.41) is 20.8. The summed E-state index contributed by atoms with van der Waals surface area (Å²) < 4.78 is 0. The molecule has 2 N–H and O–H groups in total. The first-order valence-electron chi connectivity index (χ1n) is 13.6. The molecule has 0 aromatic carbocycles. The number of ketones is 1. The summed E-state index contributed by atoms with van der Waals surface area (Å²) in [6.07, 6.45) is 11.5. The van der Waals surface area contributed by atoms with Crippen LogP contribution in [0.3, 0.4) is 0 Å². The number of aliphatic hydroxyl groups excluding tert-OH is 2. The van der Waals surface area contributed by atoms with Crippen molar-refractivity contribution in [2.45, 2.75) is 105 Å². The highest BCUT2D eigenvalue weighted by molar-refractivity contribution is 5.83. The Morgan fingerprint density at radius 2 is 1.69 bits per heavy atom. The van der Waals surface area contributed by atoms with Crippen molar-refractivity contribution in [1.29, 1.82) is 0 Å². The molecule has 3 nitrogen and oxygen atoms in total. The number of allylic oxidation sites excluding steroid dienone is 2. The maximum Gasteiger partial charge on any atom is 0.136 e. The van der Waals surface area contributed by atoms with Gasteiger partial charge in [0.05, 0.1) is 12.2 Å². The van der Waals surface area contributed by atoms with Crippen molar-refractivity contribution in [2.75, 3.05) is 0 Å². The second kappa shape index (κ2) is 8.84. The first kappa shape index (κ1) is 24.5. The quantitative estimate of drug-likeness (QED) is 0.509. The summed E-state index contributed by atoms with van der Waals surface area (Å²) in [7, 11) is 0. The summed E-state index contributed by atoms with van der Waals surface area (Å²) in [5.41, 5.74) is 0.177. The van der Waals surface area contributed by atoms with Gasteiger partial charge in [-0.25, -0.2) is 0 Å². The number of rotatable bonds is 5. The molecule has 182 valence electrons. The lowest BCUT2D eigenvalue weighted by Gasteiger charge is -2.60. The van der Waals surface area contributed by atoms with Gasteiger partial charge in [0.2, 0.25) is 0 Å². The van der Waals surface area contributed by atoms with Crippen LogP contribution in [0.5, 0.6) is 0 Å². The number of hydrogen-bond acceptors (Lipinski definition) is 3. The fourth-order valence-electron chi connectivity index (χ4n) is 9.26. The molecule has 0 saturated heterocycles. The Kier molecular flexibility index (Phi) is 6.75. The van der Waals surface area contributed by atoms with E-state index in [-0.39, 0.29) is 11.3 Å². The maximum absolute atomic E-state index is 13.3. The number of fused-ring (bicyclic) bond motifs is 5. The van der Waals surface area contributed by atoms with Crippen LogP contribution in [0.25, 0.3) is 0 Å². The number of aliphatic hydroxyl groups is 2. The normalized spacial score (nSPS) is 48.4. The predicted molar refractivity (Wildman–Crippen MR) is 130 cm³/mol. The molecule has 32 heavy (non-hydrogen) atoms. The fourth-order valence-corrected chi connectivity index (χ4v) is 9.26. The second-order valence-electron chi connectivity index (χ2n) is 13.0. The lowest BCUT2D eigenvalue weighted by atomic mass is 9.44. The van der Waals surface area contributed by atoms with Gasteiger partial charge >= 0.3 is 0 Å². The van der Waals surface area contributed by atoms with E-state index < -0.39 is 12.2 Å².